The molecule has 0 saturated carbocycles. The third-order valence-corrected chi connectivity index (χ3v) is 4.01. The average Bonchev–Trinajstić information content (AvgIpc) is 3.06. The Hall–Kier alpha value is -1.98. The van der Waals surface area contributed by atoms with Crippen molar-refractivity contribution in [2.75, 3.05) is 6.54 Å². The van der Waals surface area contributed by atoms with Crippen molar-refractivity contribution in [3.63, 3.8) is 0 Å². The quantitative estimate of drug-likeness (QED) is 0.687. The van der Waals surface area contributed by atoms with Gasteiger partial charge in [-0.3, -0.25) is 0 Å². The fraction of sp³-hybridized carbons (Fsp3) is 0.125. The molecule has 5 heteroatoms. The number of nitrogens with zero attached hydrogens (tertiary/aromatic N) is 1. The average molecular weight is 314 g/mol. The fourth-order valence-electron chi connectivity index (χ4n) is 2.19. The van der Waals surface area contributed by atoms with Gasteiger partial charge in [0.05, 0.1) is 5.70 Å². The molecule has 0 aliphatic carbocycles. The molecule has 1 aromatic heterocycles. The van der Waals surface area contributed by atoms with E-state index in [0.29, 0.717) is 10.1 Å². The molecule has 1 saturated heterocycles. The molecular formula is C16H14N2OS2. The number of furan rings is 1. The van der Waals surface area contributed by atoms with Crippen LogP contribution < -0.4 is 5.32 Å². The number of rotatable bonds is 3. The number of benzene rings is 1. The molecule has 0 radical (unpaired) electrons. The molecule has 1 fully saturated rings. The maximum atomic E-state index is 5.85. The molecule has 1 aliphatic rings. The van der Waals surface area contributed by atoms with Gasteiger partial charge in [-0.15, -0.1) is 0 Å². The van der Waals surface area contributed by atoms with Crippen LogP contribution in [0, 0.1) is 0 Å². The second-order valence-corrected chi connectivity index (χ2v) is 5.38. The van der Waals surface area contributed by atoms with Crippen LogP contribution in [-0.4, -0.2) is 21.5 Å². The first-order chi connectivity index (χ1) is 10.2. The summed E-state index contributed by atoms with van der Waals surface area (Å²) in [4.78, 5) is 2.59. The monoisotopic (exact) mass is 314 g/mol. The lowest BCUT2D eigenvalue weighted by Crippen LogP contribution is -2.29. The van der Waals surface area contributed by atoms with Crippen molar-refractivity contribution in [2.45, 2.75) is 6.92 Å². The van der Waals surface area contributed by atoms with Crippen molar-refractivity contribution in [3.8, 4) is 11.3 Å². The zero-order chi connectivity index (χ0) is 14.8. The lowest BCUT2D eigenvalue weighted by molar-refractivity contribution is 0.571. The van der Waals surface area contributed by atoms with E-state index in [1.165, 1.54) is 0 Å². The Labute approximate surface area is 134 Å². The van der Waals surface area contributed by atoms with Gasteiger partial charge in [-0.2, -0.15) is 0 Å². The van der Waals surface area contributed by atoms with Gasteiger partial charge in [0.2, 0.25) is 0 Å². The first-order valence-corrected chi connectivity index (χ1v) is 7.50. The third-order valence-electron chi connectivity index (χ3n) is 3.25. The summed E-state index contributed by atoms with van der Waals surface area (Å²) in [7, 11) is 0. The van der Waals surface area contributed by atoms with E-state index < -0.39 is 0 Å². The van der Waals surface area contributed by atoms with E-state index in [1.807, 2.05) is 60.4 Å². The number of hydrogen-bond acceptors (Lipinski definition) is 3. The zero-order valence-corrected chi connectivity index (χ0v) is 13.1. The molecule has 3 rings (SSSR count). The number of hydrogen-bond donors (Lipinski definition) is 1. The van der Waals surface area contributed by atoms with Gasteiger partial charge in [0.15, 0.2) is 5.11 Å². The molecule has 0 unspecified atom stereocenters. The van der Waals surface area contributed by atoms with Crippen molar-refractivity contribution < 1.29 is 4.42 Å². The highest BCUT2D eigenvalue weighted by molar-refractivity contribution is 7.82. The molecule has 0 atom stereocenters. The lowest BCUT2D eigenvalue weighted by Gasteiger charge is -2.11. The zero-order valence-electron chi connectivity index (χ0n) is 11.5. The van der Waals surface area contributed by atoms with Crippen molar-refractivity contribution in [2.24, 2.45) is 0 Å². The molecule has 1 aromatic carbocycles. The van der Waals surface area contributed by atoms with Gasteiger partial charge in [-0.05, 0) is 31.3 Å². The molecule has 0 bridgehead atoms. The summed E-state index contributed by atoms with van der Waals surface area (Å²) in [5.74, 6) is 1.58. The fourth-order valence-corrected chi connectivity index (χ4v) is 2.91. The Balaban J connectivity index is 1.87. The van der Waals surface area contributed by atoms with Gasteiger partial charge >= 0.3 is 0 Å². The van der Waals surface area contributed by atoms with E-state index in [0.717, 1.165) is 29.3 Å². The van der Waals surface area contributed by atoms with Crippen LogP contribution in [-0.2, 0) is 0 Å². The third kappa shape index (κ3) is 2.75. The molecule has 2 heterocycles. The second kappa shape index (κ2) is 5.79. The minimum Gasteiger partial charge on any atom is -0.457 e. The summed E-state index contributed by atoms with van der Waals surface area (Å²) in [6.07, 6.45) is 1.89. The summed E-state index contributed by atoms with van der Waals surface area (Å²) in [6, 6.07) is 13.9. The molecule has 3 nitrogen and oxygen atoms in total. The number of nitrogens with one attached hydrogen (secondary N) is 1. The summed E-state index contributed by atoms with van der Waals surface area (Å²) >= 11 is 10.7. The van der Waals surface area contributed by atoms with Gasteiger partial charge in [0.25, 0.3) is 0 Å². The predicted octanol–water partition coefficient (Wildman–Crippen LogP) is 3.82. The van der Waals surface area contributed by atoms with Gasteiger partial charge in [0.1, 0.15) is 16.5 Å². The Morgan fingerprint density at radius 1 is 1.14 bits per heavy atom. The number of thiocarbonyl (C=S) groups is 2. The van der Waals surface area contributed by atoms with Crippen molar-refractivity contribution in [1.29, 1.82) is 0 Å². The van der Waals surface area contributed by atoms with E-state index in [-0.39, 0.29) is 0 Å². The van der Waals surface area contributed by atoms with Crippen LogP contribution in [0.5, 0.6) is 0 Å². The summed E-state index contributed by atoms with van der Waals surface area (Å²) in [5, 5.41) is 3.76. The Kier molecular flexibility index (Phi) is 3.86. The van der Waals surface area contributed by atoms with E-state index in [4.69, 9.17) is 28.9 Å². The molecule has 0 amide bonds. The lowest BCUT2D eigenvalue weighted by atomic mass is 10.2. The topological polar surface area (TPSA) is 28.4 Å². The van der Waals surface area contributed by atoms with Crippen LogP contribution in [0.3, 0.4) is 0 Å². The van der Waals surface area contributed by atoms with Crippen LogP contribution >= 0.6 is 24.4 Å². The number of likely N-dealkylation sites (N-methyl/N-ethyl adjacent to an activating group) is 1. The highest BCUT2D eigenvalue weighted by Crippen LogP contribution is 2.24. The molecule has 21 heavy (non-hydrogen) atoms. The van der Waals surface area contributed by atoms with Crippen molar-refractivity contribution in [3.05, 3.63) is 53.9 Å². The first kappa shape index (κ1) is 14.0. The Bertz CT molecular complexity index is 719. The van der Waals surface area contributed by atoms with Crippen molar-refractivity contribution in [1.82, 2.24) is 10.2 Å². The van der Waals surface area contributed by atoms with Gasteiger partial charge in [-0.1, -0.05) is 42.5 Å². The predicted molar refractivity (Wildman–Crippen MR) is 92.8 cm³/mol. The van der Waals surface area contributed by atoms with Gasteiger partial charge in [0, 0.05) is 18.2 Å². The second-order valence-electron chi connectivity index (χ2n) is 4.61. The van der Waals surface area contributed by atoms with E-state index in [1.54, 1.807) is 0 Å². The van der Waals surface area contributed by atoms with Crippen LogP contribution in [0.2, 0.25) is 0 Å². The van der Waals surface area contributed by atoms with Crippen LogP contribution in [0.1, 0.15) is 12.7 Å². The molecule has 106 valence electrons. The van der Waals surface area contributed by atoms with Crippen LogP contribution in [0.15, 0.2) is 52.6 Å². The highest BCUT2D eigenvalue weighted by Gasteiger charge is 2.25. The first-order valence-electron chi connectivity index (χ1n) is 6.69. The minimum atomic E-state index is 0.642. The maximum absolute atomic E-state index is 5.85. The van der Waals surface area contributed by atoms with Gasteiger partial charge in [-0.25, -0.2) is 0 Å². The molecule has 0 spiro atoms. The maximum Gasteiger partial charge on any atom is 0.178 e. The summed E-state index contributed by atoms with van der Waals surface area (Å²) < 4.78 is 5.85. The standard InChI is InChI=1S/C16H14N2OS2/c1-2-18-15(20)13(17-16(18)21)10-12-8-9-14(19-12)11-6-4-3-5-7-11/h3-10H,2H2,1H3,(H,17,21)/b13-10-. The molecule has 1 aliphatic heterocycles. The Morgan fingerprint density at radius 2 is 1.90 bits per heavy atom. The van der Waals surface area contributed by atoms with E-state index in [2.05, 4.69) is 5.32 Å². The molecular weight excluding hydrogens is 300 g/mol. The summed E-state index contributed by atoms with van der Waals surface area (Å²) in [5.41, 5.74) is 1.86. The molecule has 1 N–H and O–H groups in total. The van der Waals surface area contributed by atoms with Crippen molar-refractivity contribution >= 4 is 40.6 Å². The minimum absolute atomic E-state index is 0.642. The molecule has 2 aromatic rings. The Morgan fingerprint density at radius 3 is 2.57 bits per heavy atom. The largest absolute Gasteiger partial charge is 0.457 e. The normalized spacial score (nSPS) is 16.6. The van der Waals surface area contributed by atoms with E-state index in [9.17, 15) is 0 Å². The highest BCUT2D eigenvalue weighted by atomic mass is 32.1. The van der Waals surface area contributed by atoms with E-state index >= 15 is 0 Å². The SMILES string of the molecule is CCN1C(=S)N/C(=C\c2ccc(-c3ccccc3)o2)C1=S. The van der Waals surface area contributed by atoms with Crippen LogP contribution in [0.4, 0.5) is 0 Å². The summed E-state index contributed by atoms with van der Waals surface area (Å²) in [6.45, 7) is 2.78. The van der Waals surface area contributed by atoms with Gasteiger partial charge < -0.3 is 14.6 Å². The van der Waals surface area contributed by atoms with Crippen LogP contribution in [0.25, 0.3) is 17.4 Å². The smallest absolute Gasteiger partial charge is 0.178 e.